The van der Waals surface area contributed by atoms with Crippen molar-refractivity contribution in [2.45, 2.75) is 37.6 Å². The van der Waals surface area contributed by atoms with Gasteiger partial charge in [-0.25, -0.2) is 0 Å². The van der Waals surface area contributed by atoms with E-state index in [1.165, 1.54) is 30.2 Å². The molecule has 3 aromatic carbocycles. The summed E-state index contributed by atoms with van der Waals surface area (Å²) in [5, 5.41) is 5.97. The average Bonchev–Trinajstić information content (AvgIpc) is 2.91. The lowest BCUT2D eigenvalue weighted by atomic mass is 10.1. The molecule has 0 unspecified atom stereocenters. The summed E-state index contributed by atoms with van der Waals surface area (Å²) in [4.78, 5) is 29.2. The number of unbranched alkanes of at least 4 members (excludes halogenated alkanes) is 1. The molecule has 186 valence electrons. The molecule has 4 rings (SSSR count). The van der Waals surface area contributed by atoms with E-state index in [9.17, 15) is 9.59 Å². The molecule has 0 radical (unpaired) electrons. The molecule has 2 N–H and O–H groups in total. The second-order valence-electron chi connectivity index (χ2n) is 8.91. The fourth-order valence-electron chi connectivity index (χ4n) is 4.08. The predicted octanol–water partition coefficient (Wildman–Crippen LogP) is 6.19. The van der Waals surface area contributed by atoms with E-state index in [4.69, 9.17) is 0 Å². The second kappa shape index (κ2) is 13.1. The van der Waals surface area contributed by atoms with Crippen LogP contribution >= 0.6 is 11.8 Å². The van der Waals surface area contributed by atoms with Crippen molar-refractivity contribution in [3.63, 3.8) is 0 Å². The van der Waals surface area contributed by atoms with Gasteiger partial charge < -0.3 is 10.6 Å². The molecule has 6 heteroatoms. The zero-order chi connectivity index (χ0) is 25.2. The topological polar surface area (TPSA) is 61.4 Å². The van der Waals surface area contributed by atoms with Crippen LogP contribution in [0.2, 0.25) is 0 Å². The first-order valence-electron chi connectivity index (χ1n) is 12.6. The number of benzene rings is 3. The van der Waals surface area contributed by atoms with Crippen LogP contribution in [0.3, 0.4) is 0 Å². The summed E-state index contributed by atoms with van der Waals surface area (Å²) in [5.74, 6) is -0.183. The Labute approximate surface area is 218 Å². The predicted molar refractivity (Wildman–Crippen MR) is 149 cm³/mol. The number of carbonyl (C=O) groups excluding carboxylic acids is 2. The number of hydrogen-bond acceptors (Lipinski definition) is 4. The Kier molecular flexibility index (Phi) is 9.36. The van der Waals surface area contributed by atoms with Crippen LogP contribution in [0.15, 0.2) is 88.7 Å². The van der Waals surface area contributed by atoms with E-state index in [2.05, 4.69) is 46.7 Å². The van der Waals surface area contributed by atoms with Crippen LogP contribution in [-0.2, 0) is 11.3 Å². The molecule has 36 heavy (non-hydrogen) atoms. The van der Waals surface area contributed by atoms with Gasteiger partial charge in [0.2, 0.25) is 0 Å². The quantitative estimate of drug-likeness (QED) is 0.244. The molecule has 0 atom stereocenters. The second-order valence-corrected chi connectivity index (χ2v) is 9.99. The van der Waals surface area contributed by atoms with Crippen LogP contribution in [0.25, 0.3) is 6.08 Å². The van der Waals surface area contributed by atoms with E-state index in [0.717, 1.165) is 42.2 Å². The van der Waals surface area contributed by atoms with Crippen molar-refractivity contribution in [2.24, 2.45) is 0 Å². The van der Waals surface area contributed by atoms with Gasteiger partial charge in [-0.05, 0) is 60.9 Å². The van der Waals surface area contributed by atoms with Crippen molar-refractivity contribution < 1.29 is 9.59 Å². The van der Waals surface area contributed by atoms with Crippen LogP contribution < -0.4 is 10.6 Å². The van der Waals surface area contributed by atoms with Crippen LogP contribution in [0.5, 0.6) is 0 Å². The molecular formula is C30H33N3O2S. The number of nitrogens with zero attached hydrogens (tertiary/aromatic N) is 1. The number of carbonyl (C=O) groups is 2. The van der Waals surface area contributed by atoms with Gasteiger partial charge in [0.1, 0.15) is 0 Å². The molecule has 0 aliphatic carbocycles. The van der Waals surface area contributed by atoms with Gasteiger partial charge in [0.25, 0.3) is 11.8 Å². The number of para-hydroxylation sites is 1. The van der Waals surface area contributed by atoms with Gasteiger partial charge in [0.15, 0.2) is 0 Å². The minimum absolute atomic E-state index is 0.0731. The van der Waals surface area contributed by atoms with Crippen molar-refractivity contribution in [1.29, 1.82) is 0 Å². The molecule has 1 heterocycles. The van der Waals surface area contributed by atoms with Gasteiger partial charge in [0, 0.05) is 30.1 Å². The number of amides is 2. The average molecular weight is 500 g/mol. The van der Waals surface area contributed by atoms with Gasteiger partial charge in [-0.1, -0.05) is 79.7 Å². The van der Waals surface area contributed by atoms with E-state index < -0.39 is 0 Å². The Morgan fingerprint density at radius 2 is 1.67 bits per heavy atom. The maximum Gasteiger partial charge on any atom is 0.262 e. The number of rotatable bonds is 11. The monoisotopic (exact) mass is 499 g/mol. The third kappa shape index (κ3) is 7.33. The highest BCUT2D eigenvalue weighted by molar-refractivity contribution is 8.04. The van der Waals surface area contributed by atoms with E-state index in [0.29, 0.717) is 17.0 Å². The van der Waals surface area contributed by atoms with E-state index in [-0.39, 0.29) is 11.8 Å². The lowest BCUT2D eigenvalue weighted by Gasteiger charge is -2.22. The Bertz CT molecular complexity index is 1190. The fourth-order valence-corrected chi connectivity index (χ4v) is 5.04. The van der Waals surface area contributed by atoms with E-state index in [1.54, 1.807) is 0 Å². The van der Waals surface area contributed by atoms with Crippen molar-refractivity contribution in [2.75, 3.05) is 25.0 Å². The highest BCUT2D eigenvalue weighted by Gasteiger charge is 2.20. The molecule has 0 fully saturated rings. The lowest BCUT2D eigenvalue weighted by molar-refractivity contribution is -0.112. The zero-order valence-corrected chi connectivity index (χ0v) is 21.5. The molecule has 2 amide bonds. The van der Waals surface area contributed by atoms with Crippen LogP contribution in [-0.4, -0.2) is 36.3 Å². The number of fused-ring (bicyclic) bond motifs is 1. The summed E-state index contributed by atoms with van der Waals surface area (Å²) >= 11 is 1.46. The van der Waals surface area contributed by atoms with E-state index in [1.807, 2.05) is 60.7 Å². The zero-order valence-electron chi connectivity index (χ0n) is 20.7. The van der Waals surface area contributed by atoms with Gasteiger partial charge >= 0.3 is 0 Å². The molecule has 0 saturated carbocycles. The maximum absolute atomic E-state index is 12.6. The van der Waals surface area contributed by atoms with Gasteiger partial charge in [-0.2, -0.15) is 0 Å². The number of anilines is 1. The largest absolute Gasteiger partial charge is 0.352 e. The third-order valence-electron chi connectivity index (χ3n) is 6.06. The SMILES string of the molecule is CCCCN(CCCNC(=O)c1ccc(/C=C2/Sc3ccccc3NC2=O)cc1)Cc1ccccc1. The molecule has 0 bridgehead atoms. The van der Waals surface area contributed by atoms with Gasteiger partial charge in [-0.15, -0.1) is 0 Å². The lowest BCUT2D eigenvalue weighted by Crippen LogP contribution is -2.30. The minimum Gasteiger partial charge on any atom is -0.352 e. The standard InChI is InChI=1S/C30H33N3O2S/c1-2-3-19-33(22-24-10-5-4-6-11-24)20-9-18-31-29(34)25-16-14-23(15-17-25)21-28-30(35)32-26-12-7-8-13-27(26)36-28/h4-8,10-17,21H,2-3,9,18-20,22H2,1H3,(H,31,34)(H,32,35)/b28-21+. The first kappa shape index (κ1) is 25.7. The first-order valence-corrected chi connectivity index (χ1v) is 13.4. The summed E-state index contributed by atoms with van der Waals surface area (Å²) in [6.45, 7) is 5.80. The molecule has 1 aliphatic heterocycles. The van der Waals surface area contributed by atoms with Crippen LogP contribution in [0.4, 0.5) is 5.69 Å². The Morgan fingerprint density at radius 1 is 0.944 bits per heavy atom. The van der Waals surface area contributed by atoms with Crippen LogP contribution in [0, 0.1) is 0 Å². The Morgan fingerprint density at radius 3 is 2.44 bits per heavy atom. The summed E-state index contributed by atoms with van der Waals surface area (Å²) in [6, 6.07) is 25.7. The van der Waals surface area contributed by atoms with E-state index >= 15 is 0 Å². The maximum atomic E-state index is 12.6. The molecule has 3 aromatic rings. The number of thioether (sulfide) groups is 1. The van der Waals surface area contributed by atoms with Gasteiger partial charge in [0.05, 0.1) is 10.6 Å². The van der Waals surface area contributed by atoms with Crippen LogP contribution in [0.1, 0.15) is 47.7 Å². The van der Waals surface area contributed by atoms with Crippen molar-refractivity contribution >= 4 is 35.3 Å². The summed E-state index contributed by atoms with van der Waals surface area (Å²) in [6.07, 6.45) is 5.11. The minimum atomic E-state index is -0.110. The molecular weight excluding hydrogens is 466 g/mol. The van der Waals surface area contributed by atoms with Crippen molar-refractivity contribution in [3.8, 4) is 0 Å². The Balaban J connectivity index is 1.26. The van der Waals surface area contributed by atoms with Crippen molar-refractivity contribution in [1.82, 2.24) is 10.2 Å². The fraction of sp³-hybridized carbons (Fsp3) is 0.267. The normalized spacial score (nSPS) is 13.9. The number of nitrogens with one attached hydrogen (secondary N) is 2. The summed E-state index contributed by atoms with van der Waals surface area (Å²) in [5.41, 5.74) is 3.66. The van der Waals surface area contributed by atoms with Crippen molar-refractivity contribution in [3.05, 3.63) is 100 Å². The Hall–Kier alpha value is -3.35. The smallest absolute Gasteiger partial charge is 0.262 e. The molecule has 0 aromatic heterocycles. The number of hydrogen-bond donors (Lipinski definition) is 2. The molecule has 0 spiro atoms. The highest BCUT2D eigenvalue weighted by Crippen LogP contribution is 2.38. The molecule has 1 aliphatic rings. The third-order valence-corrected chi connectivity index (χ3v) is 7.16. The highest BCUT2D eigenvalue weighted by atomic mass is 32.2. The summed E-state index contributed by atoms with van der Waals surface area (Å²) < 4.78 is 0. The molecule has 0 saturated heterocycles. The molecule has 5 nitrogen and oxygen atoms in total. The van der Waals surface area contributed by atoms with Gasteiger partial charge in [-0.3, -0.25) is 14.5 Å². The summed E-state index contributed by atoms with van der Waals surface area (Å²) in [7, 11) is 0. The first-order chi connectivity index (χ1) is 17.6.